The third-order valence-corrected chi connectivity index (χ3v) is 9.68. The molecule has 2 heterocycles. The second kappa shape index (κ2) is 10.7. The highest BCUT2D eigenvalue weighted by atomic mass is 32.2. The van der Waals surface area contributed by atoms with E-state index in [1.807, 2.05) is 30.5 Å². The SMILES string of the molecule is NC(=O)Cc1cc(-c2ccccc2)cc2c(C3CCN(S(=O)(=O)CCNC4CCCC4)CC3)c[nH]c12. The Morgan fingerprint density at radius 1 is 1.03 bits per heavy atom. The molecule has 8 heteroatoms. The number of nitrogens with zero attached hydrogens (tertiary/aromatic N) is 1. The summed E-state index contributed by atoms with van der Waals surface area (Å²) in [5.41, 5.74) is 10.7. The molecule has 1 saturated heterocycles. The van der Waals surface area contributed by atoms with Crippen molar-refractivity contribution in [1.29, 1.82) is 0 Å². The summed E-state index contributed by atoms with van der Waals surface area (Å²) in [6, 6.07) is 14.8. The maximum absolute atomic E-state index is 12.9. The molecule has 3 aromatic rings. The molecule has 1 amide bonds. The van der Waals surface area contributed by atoms with Gasteiger partial charge in [-0.3, -0.25) is 4.79 Å². The summed E-state index contributed by atoms with van der Waals surface area (Å²) in [6.45, 7) is 1.60. The minimum Gasteiger partial charge on any atom is -0.369 e. The zero-order chi connectivity index (χ0) is 25.1. The van der Waals surface area contributed by atoms with Crippen molar-refractivity contribution in [3.63, 3.8) is 0 Å². The molecule has 0 atom stereocenters. The predicted molar refractivity (Wildman–Crippen MR) is 144 cm³/mol. The number of hydrogen-bond donors (Lipinski definition) is 3. The van der Waals surface area contributed by atoms with E-state index >= 15 is 0 Å². The molecule has 4 N–H and O–H groups in total. The molecule has 1 saturated carbocycles. The number of hydrogen-bond acceptors (Lipinski definition) is 4. The van der Waals surface area contributed by atoms with Crippen LogP contribution >= 0.6 is 0 Å². The van der Waals surface area contributed by atoms with Gasteiger partial charge in [-0.05, 0) is 66.0 Å². The summed E-state index contributed by atoms with van der Waals surface area (Å²) < 4.78 is 27.6. The van der Waals surface area contributed by atoms with Gasteiger partial charge in [0.2, 0.25) is 15.9 Å². The molecule has 2 fully saturated rings. The highest BCUT2D eigenvalue weighted by Gasteiger charge is 2.30. The summed E-state index contributed by atoms with van der Waals surface area (Å²) in [7, 11) is -3.26. The Balaban J connectivity index is 1.32. The molecular formula is C28H36N4O3S. The molecule has 36 heavy (non-hydrogen) atoms. The van der Waals surface area contributed by atoms with Crippen molar-refractivity contribution in [2.75, 3.05) is 25.4 Å². The van der Waals surface area contributed by atoms with Crippen LogP contribution in [0.5, 0.6) is 0 Å². The van der Waals surface area contributed by atoms with Crippen LogP contribution in [0.25, 0.3) is 22.0 Å². The standard InChI is InChI=1S/C28H36N4O3S/c29-27(33)18-23-16-22(20-6-2-1-3-7-20)17-25-26(19-31-28(23)25)21-10-13-32(14-11-21)36(34,35)15-12-30-24-8-4-5-9-24/h1-3,6-7,16-17,19,21,24,30-31H,4-5,8-15,18H2,(H2,29,33). The fourth-order valence-electron chi connectivity index (χ4n) is 5.89. The van der Waals surface area contributed by atoms with Crippen LogP contribution < -0.4 is 11.1 Å². The van der Waals surface area contributed by atoms with E-state index in [4.69, 9.17) is 5.73 Å². The molecule has 2 aliphatic rings. The van der Waals surface area contributed by atoms with E-state index in [1.54, 1.807) is 4.31 Å². The van der Waals surface area contributed by atoms with Crippen molar-refractivity contribution in [1.82, 2.24) is 14.6 Å². The lowest BCUT2D eigenvalue weighted by Gasteiger charge is -2.31. The predicted octanol–water partition coefficient (Wildman–Crippen LogP) is 3.90. The van der Waals surface area contributed by atoms with Gasteiger partial charge in [0, 0.05) is 42.8 Å². The monoisotopic (exact) mass is 508 g/mol. The van der Waals surface area contributed by atoms with Crippen LogP contribution in [0.1, 0.15) is 55.6 Å². The first-order valence-electron chi connectivity index (χ1n) is 13.1. The summed E-state index contributed by atoms with van der Waals surface area (Å²) in [4.78, 5) is 15.2. The molecule has 0 bridgehead atoms. The van der Waals surface area contributed by atoms with Crippen molar-refractivity contribution in [3.8, 4) is 11.1 Å². The molecule has 0 radical (unpaired) electrons. The summed E-state index contributed by atoms with van der Waals surface area (Å²) in [6.07, 6.45) is 8.55. The molecule has 0 unspecified atom stereocenters. The van der Waals surface area contributed by atoms with Gasteiger partial charge in [-0.2, -0.15) is 0 Å². The van der Waals surface area contributed by atoms with E-state index in [0.717, 1.165) is 53.3 Å². The lowest BCUT2D eigenvalue weighted by atomic mass is 9.88. The minimum absolute atomic E-state index is 0.165. The van der Waals surface area contributed by atoms with Crippen molar-refractivity contribution in [2.24, 2.45) is 5.73 Å². The first-order chi connectivity index (χ1) is 17.4. The fraction of sp³-hybridized carbons (Fsp3) is 0.464. The average molecular weight is 509 g/mol. The minimum atomic E-state index is -3.26. The van der Waals surface area contributed by atoms with E-state index in [-0.39, 0.29) is 24.0 Å². The molecule has 7 nitrogen and oxygen atoms in total. The van der Waals surface area contributed by atoms with Crippen LogP contribution in [-0.4, -0.2) is 55.0 Å². The number of nitrogens with two attached hydrogens (primary N) is 1. The van der Waals surface area contributed by atoms with Gasteiger partial charge in [0.25, 0.3) is 0 Å². The van der Waals surface area contributed by atoms with Crippen molar-refractivity contribution in [3.05, 3.63) is 59.8 Å². The molecule has 2 aromatic carbocycles. The van der Waals surface area contributed by atoms with Crippen molar-refractivity contribution >= 4 is 26.8 Å². The molecular weight excluding hydrogens is 472 g/mol. The molecule has 1 aliphatic heterocycles. The van der Waals surface area contributed by atoms with Crippen LogP contribution in [0, 0.1) is 0 Å². The molecule has 1 aliphatic carbocycles. The maximum Gasteiger partial charge on any atom is 0.221 e. The summed E-state index contributed by atoms with van der Waals surface area (Å²) >= 11 is 0. The number of sulfonamides is 1. The average Bonchev–Trinajstić information content (AvgIpc) is 3.54. The number of piperidine rings is 1. The number of benzene rings is 2. The van der Waals surface area contributed by atoms with Gasteiger partial charge >= 0.3 is 0 Å². The number of aromatic amines is 1. The molecule has 192 valence electrons. The van der Waals surface area contributed by atoms with Crippen LogP contribution in [0.15, 0.2) is 48.7 Å². The second-order valence-corrected chi connectivity index (χ2v) is 12.3. The van der Waals surface area contributed by atoms with E-state index in [2.05, 4.69) is 28.5 Å². The number of amides is 1. The Bertz CT molecular complexity index is 1310. The van der Waals surface area contributed by atoms with Crippen LogP contribution in [-0.2, 0) is 21.2 Å². The topological polar surface area (TPSA) is 108 Å². The van der Waals surface area contributed by atoms with Crippen molar-refractivity contribution < 1.29 is 13.2 Å². The van der Waals surface area contributed by atoms with E-state index < -0.39 is 10.0 Å². The Morgan fingerprint density at radius 2 is 1.75 bits per heavy atom. The highest BCUT2D eigenvalue weighted by Crippen LogP contribution is 2.37. The smallest absolute Gasteiger partial charge is 0.221 e. The molecule has 0 spiro atoms. The van der Waals surface area contributed by atoms with Crippen molar-refractivity contribution in [2.45, 2.75) is 56.9 Å². The Labute approximate surface area is 213 Å². The number of primary amides is 1. The van der Waals surface area contributed by atoms with Crippen LogP contribution in [0.3, 0.4) is 0 Å². The molecule has 5 rings (SSSR count). The maximum atomic E-state index is 12.9. The zero-order valence-corrected chi connectivity index (χ0v) is 21.5. The summed E-state index contributed by atoms with van der Waals surface area (Å²) in [5.74, 6) is 0.0610. The van der Waals surface area contributed by atoms with Gasteiger partial charge < -0.3 is 16.0 Å². The van der Waals surface area contributed by atoms with Gasteiger partial charge in [0.15, 0.2) is 0 Å². The highest BCUT2D eigenvalue weighted by molar-refractivity contribution is 7.89. The summed E-state index contributed by atoms with van der Waals surface area (Å²) in [5, 5.41) is 4.51. The molecule has 1 aromatic heterocycles. The third kappa shape index (κ3) is 5.51. The Morgan fingerprint density at radius 3 is 2.44 bits per heavy atom. The van der Waals surface area contributed by atoms with E-state index in [9.17, 15) is 13.2 Å². The second-order valence-electron chi connectivity index (χ2n) is 10.2. The number of rotatable bonds is 9. The third-order valence-electron chi connectivity index (χ3n) is 7.81. The van der Waals surface area contributed by atoms with Gasteiger partial charge in [-0.25, -0.2) is 12.7 Å². The number of fused-ring (bicyclic) bond motifs is 1. The van der Waals surface area contributed by atoms with Gasteiger partial charge in [-0.15, -0.1) is 0 Å². The van der Waals surface area contributed by atoms with E-state index in [1.165, 1.54) is 18.4 Å². The lowest BCUT2D eigenvalue weighted by Crippen LogP contribution is -2.42. The van der Waals surface area contributed by atoms with Gasteiger partial charge in [0.1, 0.15) is 0 Å². The number of H-pyrrole nitrogens is 1. The zero-order valence-electron chi connectivity index (χ0n) is 20.7. The van der Waals surface area contributed by atoms with Crippen LogP contribution in [0.4, 0.5) is 0 Å². The van der Waals surface area contributed by atoms with Crippen LogP contribution in [0.2, 0.25) is 0 Å². The Hall–Kier alpha value is -2.68. The number of carbonyl (C=O) groups is 1. The first kappa shape index (κ1) is 25.0. The number of nitrogens with one attached hydrogen (secondary N) is 2. The lowest BCUT2D eigenvalue weighted by molar-refractivity contribution is -0.117. The van der Waals surface area contributed by atoms with E-state index in [0.29, 0.717) is 25.7 Å². The first-order valence-corrected chi connectivity index (χ1v) is 14.7. The number of aromatic nitrogens is 1. The Kier molecular flexibility index (Phi) is 7.46. The fourth-order valence-corrected chi connectivity index (χ4v) is 7.29. The normalized spacial score (nSPS) is 18.2. The number of carbonyl (C=O) groups excluding carboxylic acids is 1. The largest absolute Gasteiger partial charge is 0.369 e. The van der Waals surface area contributed by atoms with Gasteiger partial charge in [0.05, 0.1) is 12.2 Å². The quantitative estimate of drug-likeness (QED) is 0.407. The van der Waals surface area contributed by atoms with Gasteiger partial charge in [-0.1, -0.05) is 43.2 Å².